The summed E-state index contributed by atoms with van der Waals surface area (Å²) in [6, 6.07) is 23.0. The molecule has 1 unspecified atom stereocenters. The maximum absolute atomic E-state index is 12.5. The Balaban J connectivity index is 1.60. The molecule has 5 nitrogen and oxygen atoms in total. The third-order valence-corrected chi connectivity index (χ3v) is 6.07. The van der Waals surface area contributed by atoms with E-state index in [1.165, 1.54) is 0 Å². The molecule has 2 N–H and O–H groups in total. The fourth-order valence-corrected chi connectivity index (χ4v) is 3.93. The van der Waals surface area contributed by atoms with Gasteiger partial charge in [-0.05, 0) is 54.8 Å². The summed E-state index contributed by atoms with van der Waals surface area (Å²) in [5.41, 5.74) is 3.03. The van der Waals surface area contributed by atoms with Crippen LogP contribution in [0.4, 0.5) is 5.69 Å². The second-order valence-corrected chi connectivity index (χ2v) is 8.70. The van der Waals surface area contributed by atoms with Crippen molar-refractivity contribution in [1.82, 2.24) is 5.32 Å². The third-order valence-electron chi connectivity index (χ3n) is 4.67. The molecule has 1 amide bonds. The van der Waals surface area contributed by atoms with Crippen LogP contribution in [0.1, 0.15) is 34.3 Å². The summed E-state index contributed by atoms with van der Waals surface area (Å²) in [5, 5.41) is 2.92. The van der Waals surface area contributed by atoms with Gasteiger partial charge >= 0.3 is 0 Å². The lowest BCUT2D eigenvalue weighted by molar-refractivity contribution is 0.0951. The van der Waals surface area contributed by atoms with Crippen molar-refractivity contribution in [1.29, 1.82) is 0 Å². The molecule has 0 saturated heterocycles. The number of anilines is 1. The van der Waals surface area contributed by atoms with E-state index in [2.05, 4.69) is 17.0 Å². The highest BCUT2D eigenvalue weighted by Crippen LogP contribution is 2.18. The Kier molecular flexibility index (Phi) is 6.34. The van der Waals surface area contributed by atoms with Crippen LogP contribution in [0, 0.1) is 6.92 Å². The number of benzene rings is 3. The normalized spacial score (nSPS) is 12.2. The van der Waals surface area contributed by atoms with E-state index in [1.807, 2.05) is 37.3 Å². The minimum absolute atomic E-state index is 0.194. The molecule has 0 bridgehead atoms. The number of rotatable bonds is 7. The standard InChI is InChI=1S/C23H24N2O3S/c1-17-8-14-22(15-9-17)29(27,28)25-21-12-10-20(11-13-21)23(26)24-16-18(2)19-6-4-3-5-7-19/h3-15,18,25H,16H2,1-2H3,(H,24,26). The van der Waals surface area contributed by atoms with Crippen LogP contribution in [-0.2, 0) is 10.0 Å². The second kappa shape index (κ2) is 8.92. The van der Waals surface area contributed by atoms with Crippen LogP contribution in [-0.4, -0.2) is 20.9 Å². The monoisotopic (exact) mass is 408 g/mol. The molecule has 150 valence electrons. The number of carbonyl (C=O) groups is 1. The van der Waals surface area contributed by atoms with Crippen molar-refractivity contribution in [3.63, 3.8) is 0 Å². The van der Waals surface area contributed by atoms with Gasteiger partial charge in [-0.25, -0.2) is 8.42 Å². The summed E-state index contributed by atoms with van der Waals surface area (Å²) >= 11 is 0. The van der Waals surface area contributed by atoms with Crippen LogP contribution in [0.15, 0.2) is 83.8 Å². The molecular formula is C23H24N2O3S. The lowest BCUT2D eigenvalue weighted by Gasteiger charge is -2.13. The summed E-state index contributed by atoms with van der Waals surface area (Å²) in [4.78, 5) is 12.6. The molecule has 0 saturated carbocycles. The van der Waals surface area contributed by atoms with Gasteiger partial charge in [0, 0.05) is 17.8 Å². The van der Waals surface area contributed by atoms with Crippen LogP contribution >= 0.6 is 0 Å². The molecule has 0 radical (unpaired) electrons. The quantitative estimate of drug-likeness (QED) is 0.611. The Morgan fingerprint density at radius 2 is 1.52 bits per heavy atom. The first kappa shape index (κ1) is 20.6. The van der Waals surface area contributed by atoms with E-state index >= 15 is 0 Å². The van der Waals surface area contributed by atoms with Gasteiger partial charge in [-0.3, -0.25) is 9.52 Å². The zero-order chi connectivity index (χ0) is 20.9. The van der Waals surface area contributed by atoms with E-state index < -0.39 is 10.0 Å². The molecule has 0 aliphatic heterocycles. The smallest absolute Gasteiger partial charge is 0.261 e. The van der Waals surface area contributed by atoms with Crippen LogP contribution < -0.4 is 10.0 Å². The minimum atomic E-state index is -3.67. The van der Waals surface area contributed by atoms with Crippen LogP contribution in [0.3, 0.4) is 0 Å². The summed E-state index contributed by atoms with van der Waals surface area (Å²) in [6.07, 6.45) is 0. The first-order chi connectivity index (χ1) is 13.8. The Labute approximate surface area is 171 Å². The molecule has 0 spiro atoms. The molecule has 3 rings (SSSR count). The topological polar surface area (TPSA) is 75.3 Å². The van der Waals surface area contributed by atoms with E-state index in [0.717, 1.165) is 11.1 Å². The third kappa shape index (κ3) is 5.45. The first-order valence-corrected chi connectivity index (χ1v) is 10.9. The number of hydrogen-bond donors (Lipinski definition) is 2. The summed E-state index contributed by atoms with van der Waals surface area (Å²) in [5.74, 6) is 0.00136. The van der Waals surface area contributed by atoms with Crippen molar-refractivity contribution >= 4 is 21.6 Å². The number of nitrogens with one attached hydrogen (secondary N) is 2. The molecule has 0 fully saturated rings. The zero-order valence-electron chi connectivity index (χ0n) is 16.4. The molecular weight excluding hydrogens is 384 g/mol. The molecule has 1 atom stereocenters. The van der Waals surface area contributed by atoms with Crippen LogP contribution in [0.25, 0.3) is 0 Å². The van der Waals surface area contributed by atoms with Gasteiger partial charge in [0.2, 0.25) is 0 Å². The van der Waals surface area contributed by atoms with Gasteiger partial charge < -0.3 is 5.32 Å². The molecule has 0 heterocycles. The van der Waals surface area contributed by atoms with Crippen molar-refractivity contribution in [2.24, 2.45) is 0 Å². The van der Waals surface area contributed by atoms with E-state index in [-0.39, 0.29) is 16.7 Å². The van der Waals surface area contributed by atoms with Crippen LogP contribution in [0.2, 0.25) is 0 Å². The Morgan fingerprint density at radius 3 is 2.14 bits per heavy atom. The largest absolute Gasteiger partial charge is 0.351 e. The van der Waals surface area contributed by atoms with Crippen LogP contribution in [0.5, 0.6) is 0 Å². The van der Waals surface area contributed by atoms with E-state index in [0.29, 0.717) is 17.8 Å². The Bertz CT molecular complexity index is 1060. The average molecular weight is 409 g/mol. The number of carbonyl (C=O) groups excluding carboxylic acids is 1. The van der Waals surface area contributed by atoms with Gasteiger partial charge in [0.1, 0.15) is 0 Å². The molecule has 0 aliphatic carbocycles. The van der Waals surface area contributed by atoms with Crippen molar-refractivity contribution in [2.45, 2.75) is 24.7 Å². The summed E-state index contributed by atoms with van der Waals surface area (Å²) < 4.78 is 27.4. The lowest BCUT2D eigenvalue weighted by Crippen LogP contribution is -2.27. The van der Waals surface area contributed by atoms with Gasteiger partial charge in [-0.1, -0.05) is 55.0 Å². The molecule has 0 aliphatic rings. The Hall–Kier alpha value is -3.12. The molecule has 6 heteroatoms. The SMILES string of the molecule is Cc1ccc(S(=O)(=O)Nc2ccc(C(=O)NCC(C)c3ccccc3)cc2)cc1. The highest BCUT2D eigenvalue weighted by molar-refractivity contribution is 7.92. The van der Waals surface area contributed by atoms with Crippen molar-refractivity contribution in [3.05, 3.63) is 95.6 Å². The zero-order valence-corrected chi connectivity index (χ0v) is 17.2. The fourth-order valence-electron chi connectivity index (χ4n) is 2.87. The highest BCUT2D eigenvalue weighted by Gasteiger charge is 2.14. The minimum Gasteiger partial charge on any atom is -0.351 e. The summed E-state index contributed by atoms with van der Waals surface area (Å²) in [6.45, 7) is 4.47. The molecule has 3 aromatic carbocycles. The maximum atomic E-state index is 12.5. The van der Waals surface area contributed by atoms with Gasteiger partial charge in [0.05, 0.1) is 4.90 Å². The lowest BCUT2D eigenvalue weighted by atomic mass is 10.0. The van der Waals surface area contributed by atoms with Crippen molar-refractivity contribution in [2.75, 3.05) is 11.3 Å². The molecule has 29 heavy (non-hydrogen) atoms. The average Bonchev–Trinajstić information content (AvgIpc) is 2.73. The number of sulfonamides is 1. The number of aryl methyl sites for hydroxylation is 1. The predicted molar refractivity (Wildman–Crippen MR) is 116 cm³/mol. The molecule has 0 aromatic heterocycles. The summed E-state index contributed by atoms with van der Waals surface area (Å²) in [7, 11) is -3.67. The van der Waals surface area contributed by atoms with Crippen molar-refractivity contribution < 1.29 is 13.2 Å². The number of hydrogen-bond acceptors (Lipinski definition) is 3. The molecule has 3 aromatic rings. The van der Waals surface area contributed by atoms with E-state index in [4.69, 9.17) is 0 Å². The van der Waals surface area contributed by atoms with Gasteiger partial charge in [-0.2, -0.15) is 0 Å². The van der Waals surface area contributed by atoms with E-state index in [9.17, 15) is 13.2 Å². The maximum Gasteiger partial charge on any atom is 0.261 e. The first-order valence-electron chi connectivity index (χ1n) is 9.38. The van der Waals surface area contributed by atoms with Gasteiger partial charge in [-0.15, -0.1) is 0 Å². The second-order valence-electron chi connectivity index (χ2n) is 7.02. The highest BCUT2D eigenvalue weighted by atomic mass is 32.2. The predicted octanol–water partition coefficient (Wildman–Crippen LogP) is 4.33. The Morgan fingerprint density at radius 1 is 0.897 bits per heavy atom. The van der Waals surface area contributed by atoms with Crippen molar-refractivity contribution in [3.8, 4) is 0 Å². The number of amides is 1. The van der Waals surface area contributed by atoms with Gasteiger partial charge in [0.15, 0.2) is 0 Å². The van der Waals surface area contributed by atoms with Gasteiger partial charge in [0.25, 0.3) is 15.9 Å². The van der Waals surface area contributed by atoms with E-state index in [1.54, 1.807) is 48.5 Å². The fraction of sp³-hybridized carbons (Fsp3) is 0.174.